The molecule has 1 saturated heterocycles. The molecule has 1 fully saturated rings. The van der Waals surface area contributed by atoms with Crippen LogP contribution in [0.4, 0.5) is 4.79 Å². The SMILES string of the molecule is C=C(C[C@H](NC(=O)OC(C)(C)C)C(=O)OC)C[C@H]1OC[C@@H](OCc2ccccc2)[C@@H](OCc2ccccc2)[C@@H]1O[Si](C)(C)C(C)(C)C. The van der Waals surface area contributed by atoms with Gasteiger partial charge in [0.2, 0.25) is 0 Å². The first-order valence-electron chi connectivity index (χ1n) is 16.3. The Morgan fingerprint density at radius 3 is 1.98 bits per heavy atom. The van der Waals surface area contributed by atoms with Crippen molar-refractivity contribution in [2.75, 3.05) is 13.7 Å². The van der Waals surface area contributed by atoms with E-state index >= 15 is 0 Å². The van der Waals surface area contributed by atoms with Crippen molar-refractivity contribution in [2.45, 2.75) is 122 Å². The number of benzene rings is 2. The lowest BCUT2D eigenvalue weighted by Gasteiger charge is -2.48. The second-order valence-electron chi connectivity index (χ2n) is 14.7. The zero-order valence-electron chi connectivity index (χ0n) is 29.7. The van der Waals surface area contributed by atoms with Gasteiger partial charge in [0.05, 0.1) is 33.0 Å². The number of nitrogens with one attached hydrogen (secondary N) is 1. The van der Waals surface area contributed by atoms with E-state index in [1.165, 1.54) is 7.11 Å². The van der Waals surface area contributed by atoms with Crippen LogP contribution >= 0.6 is 0 Å². The summed E-state index contributed by atoms with van der Waals surface area (Å²) in [6, 6.07) is 19.1. The fourth-order valence-electron chi connectivity index (χ4n) is 5.00. The van der Waals surface area contributed by atoms with Crippen molar-refractivity contribution in [3.8, 4) is 0 Å². The molecule has 1 aliphatic rings. The molecule has 47 heavy (non-hydrogen) atoms. The Kier molecular flexibility index (Phi) is 13.8. The molecule has 1 N–H and O–H groups in total. The summed E-state index contributed by atoms with van der Waals surface area (Å²) in [5, 5.41) is 2.56. The lowest BCUT2D eigenvalue weighted by Crippen LogP contribution is -2.60. The summed E-state index contributed by atoms with van der Waals surface area (Å²) in [7, 11) is -1.06. The van der Waals surface area contributed by atoms with Gasteiger partial charge in [0, 0.05) is 0 Å². The molecule has 0 unspecified atom stereocenters. The Bertz CT molecular complexity index is 1290. The maximum atomic E-state index is 12.7. The summed E-state index contributed by atoms with van der Waals surface area (Å²) < 4.78 is 37.2. The number of carbonyl (C=O) groups excluding carboxylic acids is 2. The summed E-state index contributed by atoms with van der Waals surface area (Å²) in [6.45, 7) is 21.6. The van der Waals surface area contributed by atoms with E-state index < -0.39 is 56.4 Å². The van der Waals surface area contributed by atoms with Crippen LogP contribution in [0.25, 0.3) is 0 Å². The van der Waals surface area contributed by atoms with Crippen molar-refractivity contribution >= 4 is 20.4 Å². The Morgan fingerprint density at radius 1 is 0.915 bits per heavy atom. The van der Waals surface area contributed by atoms with Crippen molar-refractivity contribution in [3.05, 3.63) is 83.9 Å². The van der Waals surface area contributed by atoms with Gasteiger partial charge in [-0.2, -0.15) is 0 Å². The largest absolute Gasteiger partial charge is 0.467 e. The molecule has 3 rings (SSSR count). The van der Waals surface area contributed by atoms with Gasteiger partial charge >= 0.3 is 12.1 Å². The second-order valence-corrected chi connectivity index (χ2v) is 19.4. The summed E-state index contributed by atoms with van der Waals surface area (Å²) in [5.41, 5.74) is 2.07. The fourth-order valence-corrected chi connectivity index (χ4v) is 6.32. The van der Waals surface area contributed by atoms with Gasteiger partial charge in [-0.15, -0.1) is 0 Å². The van der Waals surface area contributed by atoms with Crippen LogP contribution < -0.4 is 5.32 Å². The average Bonchev–Trinajstić information content (AvgIpc) is 2.99. The molecular weight excluding hydrogens is 614 g/mol. The molecule has 9 nitrogen and oxygen atoms in total. The number of hydrogen-bond donors (Lipinski definition) is 1. The first-order valence-corrected chi connectivity index (χ1v) is 19.2. The van der Waals surface area contributed by atoms with Gasteiger partial charge in [-0.25, -0.2) is 9.59 Å². The Hall–Kier alpha value is -3.02. The van der Waals surface area contributed by atoms with Gasteiger partial charge in [0.25, 0.3) is 0 Å². The molecule has 1 aliphatic heterocycles. The molecule has 2 aromatic carbocycles. The van der Waals surface area contributed by atoms with Gasteiger partial charge in [-0.3, -0.25) is 0 Å². The predicted molar refractivity (Wildman–Crippen MR) is 185 cm³/mol. The molecule has 5 atom stereocenters. The zero-order valence-corrected chi connectivity index (χ0v) is 30.7. The standard InChI is InChI=1S/C37H55NO8Si/c1-26(21-29(34(39)41-8)38-35(40)45-36(2,3)4)22-30-33(46-47(9,10)37(5,6)7)32(44-24-28-19-15-12-16-20-28)31(25-43-30)42-23-27-17-13-11-14-18-27/h11-20,29-33H,1,21-25H2,2-10H3,(H,38,40)/t29-,30+,31+,32+,33+/m0/s1. The van der Waals surface area contributed by atoms with Gasteiger partial charge in [0.1, 0.15) is 30.0 Å². The van der Waals surface area contributed by atoms with E-state index in [0.717, 1.165) is 11.1 Å². The molecule has 0 bridgehead atoms. The van der Waals surface area contributed by atoms with E-state index in [4.69, 9.17) is 28.1 Å². The lowest BCUT2D eigenvalue weighted by atomic mass is 9.92. The monoisotopic (exact) mass is 669 g/mol. The van der Waals surface area contributed by atoms with Crippen LogP contribution in [0.2, 0.25) is 18.1 Å². The van der Waals surface area contributed by atoms with Gasteiger partial charge in [0.15, 0.2) is 8.32 Å². The maximum absolute atomic E-state index is 12.7. The van der Waals surface area contributed by atoms with E-state index in [2.05, 4.69) is 45.8 Å². The summed E-state index contributed by atoms with van der Waals surface area (Å²) >= 11 is 0. The third-order valence-corrected chi connectivity index (χ3v) is 13.0. The number of carbonyl (C=O) groups is 2. The Labute approximate surface area is 282 Å². The van der Waals surface area contributed by atoms with Crippen molar-refractivity contribution in [2.24, 2.45) is 0 Å². The number of amides is 1. The lowest BCUT2D eigenvalue weighted by molar-refractivity contribution is -0.218. The van der Waals surface area contributed by atoms with E-state index in [-0.39, 0.29) is 18.1 Å². The second kappa shape index (κ2) is 16.9. The molecule has 10 heteroatoms. The molecule has 0 aliphatic carbocycles. The Morgan fingerprint density at radius 2 is 1.47 bits per heavy atom. The van der Waals surface area contributed by atoms with Crippen LogP contribution in [0.3, 0.4) is 0 Å². The smallest absolute Gasteiger partial charge is 0.408 e. The normalized spacial score (nSPS) is 21.0. The third kappa shape index (κ3) is 12.2. The minimum Gasteiger partial charge on any atom is -0.467 e. The molecule has 260 valence electrons. The van der Waals surface area contributed by atoms with Gasteiger partial charge in [-0.05, 0) is 62.9 Å². The van der Waals surface area contributed by atoms with E-state index in [0.29, 0.717) is 25.2 Å². The fraction of sp³-hybridized carbons (Fsp3) is 0.568. The molecule has 0 aromatic heterocycles. The van der Waals surface area contributed by atoms with E-state index in [9.17, 15) is 9.59 Å². The topological polar surface area (TPSA) is 102 Å². The minimum absolute atomic E-state index is 0.0797. The zero-order chi connectivity index (χ0) is 34.8. The Balaban J connectivity index is 1.88. The number of hydrogen-bond acceptors (Lipinski definition) is 8. The first-order chi connectivity index (χ1) is 22.0. The van der Waals surface area contributed by atoms with Crippen LogP contribution in [0.5, 0.6) is 0 Å². The van der Waals surface area contributed by atoms with Crippen molar-refractivity contribution in [1.29, 1.82) is 0 Å². The van der Waals surface area contributed by atoms with E-state index in [1.54, 1.807) is 20.8 Å². The van der Waals surface area contributed by atoms with Crippen LogP contribution in [0, 0.1) is 0 Å². The number of esters is 1. The van der Waals surface area contributed by atoms with Crippen molar-refractivity contribution < 1.29 is 37.7 Å². The molecule has 0 spiro atoms. The van der Waals surface area contributed by atoms with Gasteiger partial charge < -0.3 is 33.4 Å². The quantitative estimate of drug-likeness (QED) is 0.127. The van der Waals surface area contributed by atoms with Gasteiger partial charge in [-0.1, -0.05) is 93.6 Å². The number of methoxy groups -OCH3 is 1. The highest BCUT2D eigenvalue weighted by Gasteiger charge is 2.48. The summed E-state index contributed by atoms with van der Waals surface area (Å²) in [6.07, 6.45) is -1.95. The summed E-state index contributed by atoms with van der Waals surface area (Å²) in [5.74, 6) is -0.589. The highest BCUT2D eigenvalue weighted by Crippen LogP contribution is 2.40. The molecule has 0 radical (unpaired) electrons. The van der Waals surface area contributed by atoms with Crippen LogP contribution in [-0.4, -0.2) is 70.2 Å². The molecule has 1 heterocycles. The first kappa shape index (κ1) is 38.4. The molecule has 0 saturated carbocycles. The third-order valence-electron chi connectivity index (χ3n) is 8.52. The maximum Gasteiger partial charge on any atom is 0.408 e. The predicted octanol–water partition coefficient (Wildman–Crippen LogP) is 7.35. The highest BCUT2D eigenvalue weighted by atomic mass is 28.4. The van der Waals surface area contributed by atoms with Crippen molar-refractivity contribution in [3.63, 3.8) is 0 Å². The molecule has 2 aromatic rings. The van der Waals surface area contributed by atoms with Crippen LogP contribution in [0.15, 0.2) is 72.8 Å². The average molecular weight is 670 g/mol. The molecular formula is C37H55NO8Si. The number of rotatable bonds is 14. The van der Waals surface area contributed by atoms with Crippen LogP contribution in [0.1, 0.15) is 65.5 Å². The highest BCUT2D eigenvalue weighted by molar-refractivity contribution is 6.74. The van der Waals surface area contributed by atoms with Crippen LogP contribution in [-0.2, 0) is 46.1 Å². The summed E-state index contributed by atoms with van der Waals surface area (Å²) in [4.78, 5) is 25.2. The van der Waals surface area contributed by atoms with Crippen molar-refractivity contribution in [1.82, 2.24) is 5.32 Å². The minimum atomic E-state index is -2.34. The molecule has 1 amide bonds. The number of ether oxygens (including phenoxy) is 5. The number of alkyl carbamates (subject to hydrolysis) is 1. The van der Waals surface area contributed by atoms with E-state index in [1.807, 2.05) is 60.7 Å².